The van der Waals surface area contributed by atoms with Gasteiger partial charge in [0, 0.05) is 47.8 Å². The summed E-state index contributed by atoms with van der Waals surface area (Å²) >= 11 is 0. The van der Waals surface area contributed by atoms with Crippen molar-refractivity contribution in [2.45, 2.75) is 95.7 Å². The topological polar surface area (TPSA) is 109 Å². The molecule has 5 aromatic carbocycles. The summed E-state index contributed by atoms with van der Waals surface area (Å²) in [7, 11) is 3.26. The second kappa shape index (κ2) is 20.4. The molecule has 5 unspecified atom stereocenters. The van der Waals surface area contributed by atoms with Crippen LogP contribution in [0.25, 0.3) is 11.1 Å². The fourth-order valence-corrected chi connectivity index (χ4v) is 9.81. The second-order valence-electron chi connectivity index (χ2n) is 17.7. The van der Waals surface area contributed by atoms with Gasteiger partial charge >= 0.3 is 0 Å². The number of hydrogen-bond acceptors (Lipinski definition) is 8. The molecule has 0 spiro atoms. The van der Waals surface area contributed by atoms with Gasteiger partial charge in [0.15, 0.2) is 5.78 Å². The molecule has 3 N–H and O–H groups in total. The number of allylic oxidation sites excluding steroid dienone is 2. The second-order valence-corrected chi connectivity index (χ2v) is 17.7. The zero-order valence-corrected chi connectivity index (χ0v) is 36.8. The Morgan fingerprint density at radius 1 is 0.855 bits per heavy atom. The van der Waals surface area contributed by atoms with E-state index in [1.807, 2.05) is 97.1 Å². The number of ketones is 1. The van der Waals surface area contributed by atoms with Gasteiger partial charge in [-0.05, 0) is 97.7 Å². The van der Waals surface area contributed by atoms with Crippen LogP contribution in [0.15, 0.2) is 133 Å². The van der Waals surface area contributed by atoms with Crippen molar-refractivity contribution in [1.29, 1.82) is 0 Å². The zero-order valence-electron chi connectivity index (χ0n) is 36.8. The largest absolute Gasteiger partial charge is 0.497 e. The predicted octanol–water partition coefficient (Wildman–Crippen LogP) is 9.72. The third-order valence-electron chi connectivity index (χ3n) is 13.4. The third-order valence-corrected chi connectivity index (χ3v) is 13.4. The van der Waals surface area contributed by atoms with Crippen LogP contribution in [0, 0.1) is 5.41 Å². The third kappa shape index (κ3) is 10.6. The fourth-order valence-electron chi connectivity index (χ4n) is 9.81. The quantitative estimate of drug-likeness (QED) is 0.0707. The molecule has 3 aliphatic rings. The Hall–Kier alpha value is -5.09. The van der Waals surface area contributed by atoms with Crippen LogP contribution in [0.5, 0.6) is 11.5 Å². The molecule has 62 heavy (non-hydrogen) atoms. The van der Waals surface area contributed by atoms with Gasteiger partial charge in [0.2, 0.25) is 0 Å². The normalized spacial score (nSPS) is 22.1. The maximum absolute atomic E-state index is 14.8. The number of aliphatic hydroxyl groups is 3. The van der Waals surface area contributed by atoms with Crippen molar-refractivity contribution in [2.75, 3.05) is 33.9 Å². The molecule has 1 fully saturated rings. The number of carbonyl (C=O) groups is 1. The van der Waals surface area contributed by atoms with E-state index in [0.717, 1.165) is 46.2 Å². The number of methoxy groups -OCH3 is 2. The number of nitrogens with zero attached hydrogens (tertiary/aromatic N) is 1. The summed E-state index contributed by atoms with van der Waals surface area (Å²) in [5.41, 5.74) is 6.47. The molecule has 0 amide bonds. The minimum atomic E-state index is -1.20. The minimum absolute atomic E-state index is 0.0663. The van der Waals surface area contributed by atoms with Crippen molar-refractivity contribution in [3.05, 3.63) is 166 Å². The van der Waals surface area contributed by atoms with Gasteiger partial charge in [-0.3, -0.25) is 9.69 Å². The van der Waals surface area contributed by atoms with Crippen LogP contribution in [0.3, 0.4) is 0 Å². The van der Waals surface area contributed by atoms with Crippen LogP contribution in [0.1, 0.15) is 96.5 Å². The van der Waals surface area contributed by atoms with E-state index in [2.05, 4.69) is 49.1 Å². The number of ether oxygens (including phenoxy) is 3. The summed E-state index contributed by atoms with van der Waals surface area (Å²) in [4.78, 5) is 16.9. The molecule has 8 heteroatoms. The Morgan fingerprint density at radius 2 is 1.58 bits per heavy atom. The first-order chi connectivity index (χ1) is 30.0. The highest BCUT2D eigenvalue weighted by Gasteiger charge is 2.57. The lowest BCUT2D eigenvalue weighted by Crippen LogP contribution is -2.53. The van der Waals surface area contributed by atoms with Gasteiger partial charge in [-0.1, -0.05) is 122 Å². The molecule has 326 valence electrons. The van der Waals surface area contributed by atoms with Crippen molar-refractivity contribution in [3.8, 4) is 22.6 Å². The van der Waals surface area contributed by atoms with E-state index in [1.54, 1.807) is 14.2 Å². The van der Waals surface area contributed by atoms with Gasteiger partial charge < -0.3 is 29.5 Å². The first kappa shape index (κ1) is 44.9. The number of fused-ring (bicyclic) bond motifs is 8. The highest BCUT2D eigenvalue weighted by Crippen LogP contribution is 2.59. The van der Waals surface area contributed by atoms with Gasteiger partial charge in [0.1, 0.15) is 11.5 Å². The highest BCUT2D eigenvalue weighted by atomic mass is 16.5. The van der Waals surface area contributed by atoms with Gasteiger partial charge in [-0.15, -0.1) is 0 Å². The SMILES string of the molecule is COc1ccc(CN(CC(O)COCc2ccccc2)CC2(O)CCC3c4ccc(cc4C(=O)c4ccc(-c5ccccc5)cc4)CC(O)CCC(C)=CCCC32C)c(OC)c1. The standard InChI is InChI=1S/C54H63NO7/c1-38-12-11-28-53(2)50(48-26-18-40(30-45(56)24-17-38)31-49(48)52(58)43-21-19-42(20-22-43)41-15-9-6-10-16-41)27-29-54(53,59)37-55(33-44-23-25-47(60-3)32-51(44)61-4)34-46(57)36-62-35-39-13-7-5-8-14-39/h5-10,12-16,18-23,25-26,31-32,45-46,50,56-57,59H,11,17,24,27-30,33-37H2,1-4H3. The zero-order chi connectivity index (χ0) is 43.7. The molecule has 0 aromatic heterocycles. The number of aliphatic hydroxyl groups excluding tert-OH is 2. The summed E-state index contributed by atoms with van der Waals surface area (Å²) in [6.45, 7) is 5.78. The average molecular weight is 838 g/mol. The van der Waals surface area contributed by atoms with Gasteiger partial charge in [0.05, 0.1) is 45.2 Å². The van der Waals surface area contributed by atoms with Crippen LogP contribution < -0.4 is 9.47 Å². The van der Waals surface area contributed by atoms with E-state index in [0.29, 0.717) is 67.9 Å². The lowest BCUT2D eigenvalue weighted by Gasteiger charge is -2.46. The first-order valence-electron chi connectivity index (χ1n) is 22.1. The molecule has 3 aliphatic carbocycles. The van der Waals surface area contributed by atoms with Crippen molar-refractivity contribution in [3.63, 3.8) is 0 Å². The summed E-state index contributed by atoms with van der Waals surface area (Å²) in [5.74, 6) is 1.12. The van der Waals surface area contributed by atoms with Crippen molar-refractivity contribution < 1.29 is 34.3 Å². The van der Waals surface area contributed by atoms with E-state index in [-0.39, 0.29) is 31.4 Å². The maximum atomic E-state index is 14.8. The lowest BCUT2D eigenvalue weighted by molar-refractivity contribution is -0.0924. The molecule has 0 radical (unpaired) electrons. The van der Waals surface area contributed by atoms with Crippen LogP contribution in [0.2, 0.25) is 0 Å². The molecule has 1 saturated carbocycles. The Balaban J connectivity index is 1.23. The number of hydrogen-bond donors (Lipinski definition) is 3. The summed E-state index contributed by atoms with van der Waals surface area (Å²) in [6, 6.07) is 39.8. The molecular formula is C54H63NO7. The molecule has 5 atom stereocenters. The summed E-state index contributed by atoms with van der Waals surface area (Å²) < 4.78 is 17.3. The van der Waals surface area contributed by atoms with Crippen molar-refractivity contribution >= 4 is 5.78 Å². The van der Waals surface area contributed by atoms with Gasteiger partial charge in [-0.25, -0.2) is 0 Å². The molecule has 8 rings (SSSR count). The summed E-state index contributed by atoms with van der Waals surface area (Å²) in [6.07, 6.45) is 5.34. The Morgan fingerprint density at radius 3 is 2.31 bits per heavy atom. The number of carbonyl (C=O) groups excluding carboxylic acids is 1. The van der Waals surface area contributed by atoms with Crippen molar-refractivity contribution in [2.24, 2.45) is 5.41 Å². The predicted molar refractivity (Wildman–Crippen MR) is 246 cm³/mol. The van der Waals surface area contributed by atoms with Crippen LogP contribution in [0.4, 0.5) is 0 Å². The van der Waals surface area contributed by atoms with Crippen molar-refractivity contribution in [1.82, 2.24) is 4.90 Å². The molecule has 2 bridgehead atoms. The highest BCUT2D eigenvalue weighted by molar-refractivity contribution is 6.10. The molecular weight excluding hydrogens is 775 g/mol. The molecule has 0 heterocycles. The number of benzene rings is 5. The van der Waals surface area contributed by atoms with E-state index < -0.39 is 23.2 Å². The van der Waals surface area contributed by atoms with E-state index in [1.165, 1.54) is 5.57 Å². The fraction of sp³-hybridized carbons (Fsp3) is 0.389. The van der Waals surface area contributed by atoms with E-state index in [9.17, 15) is 20.1 Å². The molecule has 0 aliphatic heterocycles. The maximum Gasteiger partial charge on any atom is 0.193 e. The number of rotatable bonds is 15. The first-order valence-corrected chi connectivity index (χ1v) is 22.1. The molecule has 5 aromatic rings. The molecule has 0 saturated heterocycles. The Bertz CT molecular complexity index is 2280. The average Bonchev–Trinajstić information content (AvgIpc) is 3.54. The minimum Gasteiger partial charge on any atom is -0.497 e. The smallest absolute Gasteiger partial charge is 0.193 e. The molecule has 8 nitrogen and oxygen atoms in total. The van der Waals surface area contributed by atoms with E-state index >= 15 is 0 Å². The van der Waals surface area contributed by atoms with Crippen LogP contribution in [-0.2, 0) is 24.3 Å². The van der Waals surface area contributed by atoms with Crippen LogP contribution >= 0.6 is 0 Å². The van der Waals surface area contributed by atoms with E-state index in [4.69, 9.17) is 14.2 Å². The lowest BCUT2D eigenvalue weighted by atomic mass is 9.64. The van der Waals surface area contributed by atoms with Crippen LogP contribution in [-0.4, -0.2) is 77.7 Å². The Kier molecular flexibility index (Phi) is 14.8. The summed E-state index contributed by atoms with van der Waals surface area (Å²) in [5, 5.41) is 36.0. The van der Waals surface area contributed by atoms with Gasteiger partial charge in [-0.2, -0.15) is 0 Å². The van der Waals surface area contributed by atoms with Gasteiger partial charge in [0.25, 0.3) is 0 Å². The Labute approximate surface area is 367 Å². The monoisotopic (exact) mass is 837 g/mol.